The number of hydrogen-bond donors (Lipinski definition) is 1. The van der Waals surface area contributed by atoms with Crippen LogP contribution < -0.4 is 10.1 Å². The Kier molecular flexibility index (Phi) is 4.46. The van der Waals surface area contributed by atoms with Gasteiger partial charge in [0.15, 0.2) is 11.6 Å². The van der Waals surface area contributed by atoms with Gasteiger partial charge in [-0.05, 0) is 50.8 Å². The quantitative estimate of drug-likeness (QED) is 0.842. The van der Waals surface area contributed by atoms with E-state index in [0.717, 1.165) is 17.9 Å². The largest absolute Gasteiger partial charge is 0.491 e. The summed E-state index contributed by atoms with van der Waals surface area (Å²) in [7, 11) is 0. The molecule has 1 saturated carbocycles. The highest BCUT2D eigenvalue weighted by Gasteiger charge is 2.21. The van der Waals surface area contributed by atoms with E-state index in [4.69, 9.17) is 4.74 Å². The van der Waals surface area contributed by atoms with Crippen LogP contribution in [0.25, 0.3) is 0 Å². The molecule has 0 radical (unpaired) electrons. The third-order valence-electron chi connectivity index (χ3n) is 3.30. The van der Waals surface area contributed by atoms with Gasteiger partial charge in [-0.3, -0.25) is 0 Å². The third-order valence-corrected chi connectivity index (χ3v) is 3.30. The van der Waals surface area contributed by atoms with E-state index >= 15 is 0 Å². The summed E-state index contributed by atoms with van der Waals surface area (Å²) < 4.78 is 19.3. The number of nitrogens with one attached hydrogen (secondary N) is 1. The second-order valence-electron chi connectivity index (χ2n) is 6.45. The molecule has 1 N–H and O–H groups in total. The van der Waals surface area contributed by atoms with Crippen molar-refractivity contribution in [1.29, 1.82) is 0 Å². The standard InChI is InChI=1S/C16H24FNO/c1-16(2,3)18-11-13-6-7-15(14(17)10-13)19-9-8-12-4-5-12/h6-7,10,12,18H,4-5,8-9,11H2,1-3H3. The van der Waals surface area contributed by atoms with E-state index in [0.29, 0.717) is 18.9 Å². The van der Waals surface area contributed by atoms with Crippen LogP contribution in [0, 0.1) is 11.7 Å². The molecule has 1 aromatic carbocycles. The summed E-state index contributed by atoms with van der Waals surface area (Å²) in [6, 6.07) is 5.22. The third kappa shape index (κ3) is 5.19. The van der Waals surface area contributed by atoms with Gasteiger partial charge in [-0.25, -0.2) is 4.39 Å². The minimum atomic E-state index is -0.260. The first-order chi connectivity index (χ1) is 8.94. The summed E-state index contributed by atoms with van der Waals surface area (Å²) in [5.41, 5.74) is 0.984. The van der Waals surface area contributed by atoms with Gasteiger partial charge in [0.25, 0.3) is 0 Å². The highest BCUT2D eigenvalue weighted by molar-refractivity contribution is 5.29. The summed E-state index contributed by atoms with van der Waals surface area (Å²) in [6.07, 6.45) is 3.67. The first kappa shape index (κ1) is 14.3. The molecule has 0 spiro atoms. The van der Waals surface area contributed by atoms with Crippen LogP contribution in [0.4, 0.5) is 4.39 Å². The minimum absolute atomic E-state index is 0.0376. The van der Waals surface area contributed by atoms with Crippen LogP contribution in [0.3, 0.4) is 0 Å². The van der Waals surface area contributed by atoms with E-state index in [-0.39, 0.29) is 11.4 Å². The Morgan fingerprint density at radius 2 is 2.05 bits per heavy atom. The Morgan fingerprint density at radius 3 is 2.63 bits per heavy atom. The Hall–Kier alpha value is -1.09. The van der Waals surface area contributed by atoms with Crippen LogP contribution in [-0.2, 0) is 6.54 Å². The Labute approximate surface area is 115 Å². The molecule has 3 heteroatoms. The zero-order valence-corrected chi connectivity index (χ0v) is 12.1. The maximum Gasteiger partial charge on any atom is 0.165 e. The number of halogens is 1. The van der Waals surface area contributed by atoms with Crippen molar-refractivity contribution in [1.82, 2.24) is 5.32 Å². The lowest BCUT2D eigenvalue weighted by Crippen LogP contribution is -2.35. The smallest absolute Gasteiger partial charge is 0.165 e. The fourth-order valence-corrected chi connectivity index (χ4v) is 1.88. The molecule has 0 aliphatic heterocycles. The van der Waals surface area contributed by atoms with E-state index in [1.165, 1.54) is 12.8 Å². The zero-order valence-electron chi connectivity index (χ0n) is 12.1. The molecule has 106 valence electrons. The Bertz CT molecular complexity index is 421. The summed E-state index contributed by atoms with van der Waals surface area (Å²) in [6.45, 7) is 7.58. The molecule has 1 aromatic rings. The summed E-state index contributed by atoms with van der Waals surface area (Å²) in [5, 5.41) is 3.34. The molecule has 2 rings (SSSR count). The number of rotatable bonds is 6. The lowest BCUT2D eigenvalue weighted by atomic mass is 10.1. The van der Waals surface area contributed by atoms with E-state index in [1.807, 2.05) is 6.07 Å². The van der Waals surface area contributed by atoms with Gasteiger partial charge in [0.1, 0.15) is 0 Å². The minimum Gasteiger partial charge on any atom is -0.491 e. The maximum absolute atomic E-state index is 13.9. The van der Waals surface area contributed by atoms with Crippen molar-refractivity contribution in [3.05, 3.63) is 29.6 Å². The van der Waals surface area contributed by atoms with Crippen molar-refractivity contribution in [2.45, 2.75) is 52.1 Å². The lowest BCUT2D eigenvalue weighted by Gasteiger charge is -2.20. The average molecular weight is 265 g/mol. The summed E-state index contributed by atoms with van der Waals surface area (Å²) >= 11 is 0. The van der Waals surface area contributed by atoms with Crippen molar-refractivity contribution in [2.75, 3.05) is 6.61 Å². The van der Waals surface area contributed by atoms with Crippen molar-refractivity contribution >= 4 is 0 Å². The second-order valence-corrected chi connectivity index (χ2v) is 6.45. The van der Waals surface area contributed by atoms with Gasteiger partial charge in [-0.1, -0.05) is 18.9 Å². The number of hydrogen-bond acceptors (Lipinski definition) is 2. The van der Waals surface area contributed by atoms with Crippen LogP contribution in [-0.4, -0.2) is 12.1 Å². The molecule has 2 nitrogen and oxygen atoms in total. The van der Waals surface area contributed by atoms with Crippen LogP contribution in [0.1, 0.15) is 45.6 Å². The first-order valence-electron chi connectivity index (χ1n) is 7.10. The lowest BCUT2D eigenvalue weighted by molar-refractivity contribution is 0.288. The summed E-state index contributed by atoms with van der Waals surface area (Å²) in [5.74, 6) is 0.933. The van der Waals surface area contributed by atoms with Gasteiger partial charge >= 0.3 is 0 Å². The van der Waals surface area contributed by atoms with Crippen LogP contribution in [0.15, 0.2) is 18.2 Å². The number of ether oxygens (including phenoxy) is 1. The fraction of sp³-hybridized carbons (Fsp3) is 0.625. The average Bonchev–Trinajstić information content (AvgIpc) is 3.12. The van der Waals surface area contributed by atoms with Crippen molar-refractivity contribution in [2.24, 2.45) is 5.92 Å². The van der Waals surface area contributed by atoms with Crippen molar-refractivity contribution < 1.29 is 9.13 Å². The van der Waals surface area contributed by atoms with Crippen LogP contribution in [0.5, 0.6) is 5.75 Å². The Morgan fingerprint density at radius 1 is 1.32 bits per heavy atom. The molecular weight excluding hydrogens is 241 g/mol. The highest BCUT2D eigenvalue weighted by Crippen LogP contribution is 2.32. The van der Waals surface area contributed by atoms with Gasteiger partial charge < -0.3 is 10.1 Å². The molecule has 0 heterocycles. The monoisotopic (exact) mass is 265 g/mol. The topological polar surface area (TPSA) is 21.3 Å². The van der Waals surface area contributed by atoms with Crippen LogP contribution in [0.2, 0.25) is 0 Å². The predicted octanol–water partition coefficient (Wildman–Crippen LogP) is 3.89. The summed E-state index contributed by atoms with van der Waals surface area (Å²) in [4.78, 5) is 0. The Balaban J connectivity index is 1.84. The van der Waals surface area contributed by atoms with Gasteiger partial charge in [0.2, 0.25) is 0 Å². The SMILES string of the molecule is CC(C)(C)NCc1ccc(OCCC2CC2)c(F)c1. The maximum atomic E-state index is 13.9. The normalized spacial score (nSPS) is 15.6. The van der Waals surface area contributed by atoms with Gasteiger partial charge in [0.05, 0.1) is 6.61 Å². The molecule has 0 saturated heterocycles. The molecule has 1 aliphatic carbocycles. The molecule has 0 aromatic heterocycles. The van der Waals surface area contributed by atoms with E-state index in [1.54, 1.807) is 12.1 Å². The molecule has 0 unspecified atom stereocenters. The predicted molar refractivity (Wildman–Crippen MR) is 75.8 cm³/mol. The molecule has 0 atom stereocenters. The van der Waals surface area contributed by atoms with E-state index in [2.05, 4.69) is 26.1 Å². The molecule has 19 heavy (non-hydrogen) atoms. The fourth-order valence-electron chi connectivity index (χ4n) is 1.88. The van der Waals surface area contributed by atoms with Crippen LogP contribution >= 0.6 is 0 Å². The molecule has 0 bridgehead atoms. The van der Waals surface area contributed by atoms with Crippen molar-refractivity contribution in [3.63, 3.8) is 0 Å². The van der Waals surface area contributed by atoms with Gasteiger partial charge in [-0.2, -0.15) is 0 Å². The first-order valence-corrected chi connectivity index (χ1v) is 7.10. The number of benzene rings is 1. The van der Waals surface area contributed by atoms with E-state index < -0.39 is 0 Å². The van der Waals surface area contributed by atoms with Gasteiger partial charge in [0, 0.05) is 12.1 Å². The van der Waals surface area contributed by atoms with Gasteiger partial charge in [-0.15, -0.1) is 0 Å². The molecular formula is C16H24FNO. The van der Waals surface area contributed by atoms with E-state index in [9.17, 15) is 4.39 Å². The molecule has 1 aliphatic rings. The zero-order chi connectivity index (χ0) is 13.9. The second kappa shape index (κ2) is 5.91. The highest BCUT2D eigenvalue weighted by atomic mass is 19.1. The molecule has 0 amide bonds. The molecule has 1 fully saturated rings. The van der Waals surface area contributed by atoms with Crippen molar-refractivity contribution in [3.8, 4) is 5.75 Å².